The smallest absolute Gasteiger partial charge is 0.337 e. The molecular weight excluding hydrogens is 432 g/mol. The first-order chi connectivity index (χ1) is 15.0. The van der Waals surface area contributed by atoms with E-state index in [1.54, 1.807) is 13.8 Å². The Morgan fingerprint density at radius 1 is 1.12 bits per heavy atom. The predicted molar refractivity (Wildman–Crippen MR) is 121 cm³/mol. The van der Waals surface area contributed by atoms with Crippen LogP contribution >= 0.6 is 0 Å². The Balaban J connectivity index is 1.75. The number of piperazine rings is 1. The molecule has 1 aromatic carbocycles. The van der Waals surface area contributed by atoms with E-state index in [0.29, 0.717) is 48.9 Å². The van der Waals surface area contributed by atoms with Crippen molar-refractivity contribution >= 4 is 22.0 Å². The maximum absolute atomic E-state index is 13.3. The van der Waals surface area contributed by atoms with Crippen molar-refractivity contribution in [2.75, 3.05) is 39.3 Å². The number of nitrogens with one attached hydrogen (secondary N) is 2. The summed E-state index contributed by atoms with van der Waals surface area (Å²) in [6.07, 6.45) is 0. The molecule has 1 atom stereocenters. The molecule has 0 spiro atoms. The summed E-state index contributed by atoms with van der Waals surface area (Å²) in [4.78, 5) is 26.8. The zero-order chi connectivity index (χ0) is 23.6. The Bertz CT molecular complexity index is 1020. The van der Waals surface area contributed by atoms with Gasteiger partial charge in [-0.25, -0.2) is 18.0 Å². The molecule has 176 valence electrons. The number of hydrogen-bond acceptors (Lipinski definition) is 6. The highest BCUT2D eigenvalue weighted by Gasteiger charge is 2.34. The molecule has 2 N–H and O–H groups in total. The number of ether oxygens (including phenoxy) is 1. The molecule has 3 rings (SSSR count). The lowest BCUT2D eigenvalue weighted by Gasteiger charge is -2.36. The normalized spacial score (nSPS) is 20.7. The second-order valence-electron chi connectivity index (χ2n) is 8.34. The minimum absolute atomic E-state index is 0.241. The molecular formula is C22H32N4O5S. The first-order valence-corrected chi connectivity index (χ1v) is 12.3. The van der Waals surface area contributed by atoms with Crippen molar-refractivity contribution in [3.63, 3.8) is 0 Å². The zero-order valence-electron chi connectivity index (χ0n) is 19.3. The average Bonchev–Trinajstić information content (AvgIpc) is 2.67. The van der Waals surface area contributed by atoms with Gasteiger partial charge in [0.25, 0.3) is 0 Å². The van der Waals surface area contributed by atoms with Crippen molar-refractivity contribution in [3.05, 3.63) is 40.1 Å². The number of esters is 1. The lowest BCUT2D eigenvalue weighted by molar-refractivity contribution is -0.139. The van der Waals surface area contributed by atoms with E-state index >= 15 is 0 Å². The highest BCUT2D eigenvalue weighted by Crippen LogP contribution is 2.26. The lowest BCUT2D eigenvalue weighted by Crippen LogP contribution is -2.54. The van der Waals surface area contributed by atoms with Gasteiger partial charge < -0.3 is 15.4 Å². The molecule has 2 heterocycles. The standard InChI is InChI=1S/C22H32N4O5S/c1-6-31-21(27)19-17(5)23-22(28)24-18(19)13-25-7-9-26(10-8-25)32(29,30)20-15(3)11-14(2)12-16(20)4/h11-12,17H,6-10,13H2,1-5H3,(H2,23,24,28)/t17-/m0/s1. The molecule has 1 aromatic rings. The van der Waals surface area contributed by atoms with Crippen LogP contribution in [0.5, 0.6) is 0 Å². The van der Waals surface area contributed by atoms with Gasteiger partial charge in [-0.1, -0.05) is 17.7 Å². The summed E-state index contributed by atoms with van der Waals surface area (Å²) in [7, 11) is -3.60. The highest BCUT2D eigenvalue weighted by molar-refractivity contribution is 7.89. The van der Waals surface area contributed by atoms with Crippen LogP contribution in [-0.2, 0) is 19.6 Å². The maximum atomic E-state index is 13.3. The van der Waals surface area contributed by atoms with Gasteiger partial charge >= 0.3 is 12.0 Å². The molecule has 1 fully saturated rings. The third kappa shape index (κ3) is 4.97. The number of carbonyl (C=O) groups excluding carboxylic acids is 2. The van der Waals surface area contributed by atoms with Gasteiger partial charge in [0.05, 0.1) is 23.1 Å². The van der Waals surface area contributed by atoms with E-state index in [0.717, 1.165) is 16.7 Å². The van der Waals surface area contributed by atoms with Crippen LogP contribution in [0, 0.1) is 20.8 Å². The van der Waals surface area contributed by atoms with Crippen molar-refractivity contribution < 1.29 is 22.7 Å². The van der Waals surface area contributed by atoms with Crippen LogP contribution in [0.4, 0.5) is 4.79 Å². The number of urea groups is 1. The Morgan fingerprint density at radius 3 is 2.28 bits per heavy atom. The van der Waals surface area contributed by atoms with Crippen molar-refractivity contribution in [2.24, 2.45) is 0 Å². The molecule has 0 radical (unpaired) electrons. The molecule has 2 aliphatic rings. The molecule has 0 unspecified atom stereocenters. The fourth-order valence-electron chi connectivity index (χ4n) is 4.46. The number of nitrogens with zero attached hydrogens (tertiary/aromatic N) is 2. The monoisotopic (exact) mass is 464 g/mol. The van der Waals surface area contributed by atoms with Crippen molar-refractivity contribution in [1.29, 1.82) is 0 Å². The Kier molecular flexibility index (Phi) is 7.26. The van der Waals surface area contributed by atoms with E-state index in [-0.39, 0.29) is 12.6 Å². The van der Waals surface area contributed by atoms with Crippen LogP contribution in [0.15, 0.2) is 28.3 Å². The van der Waals surface area contributed by atoms with Crippen LogP contribution < -0.4 is 10.6 Å². The number of hydrogen-bond donors (Lipinski definition) is 2. The van der Waals surface area contributed by atoms with Gasteiger partial charge in [-0.3, -0.25) is 4.90 Å². The van der Waals surface area contributed by atoms with E-state index < -0.39 is 22.0 Å². The van der Waals surface area contributed by atoms with Crippen LogP contribution in [0.1, 0.15) is 30.5 Å². The molecule has 9 nitrogen and oxygen atoms in total. The van der Waals surface area contributed by atoms with Crippen molar-refractivity contribution in [3.8, 4) is 0 Å². The summed E-state index contributed by atoms with van der Waals surface area (Å²) in [5.41, 5.74) is 3.43. The number of aryl methyl sites for hydroxylation is 3. The number of sulfonamides is 1. The first kappa shape index (κ1) is 24.2. The molecule has 32 heavy (non-hydrogen) atoms. The molecule has 0 saturated carbocycles. The number of rotatable bonds is 6. The summed E-state index contributed by atoms with van der Waals surface area (Å²) >= 11 is 0. The van der Waals surface area contributed by atoms with Gasteiger partial charge in [-0.05, 0) is 45.7 Å². The summed E-state index contributed by atoms with van der Waals surface area (Å²) < 4.78 is 33.3. The van der Waals surface area contributed by atoms with Gasteiger partial charge in [0, 0.05) is 38.4 Å². The van der Waals surface area contributed by atoms with E-state index in [2.05, 4.69) is 10.6 Å². The third-order valence-corrected chi connectivity index (χ3v) is 7.99. The fourth-order valence-corrected chi connectivity index (χ4v) is 6.29. The number of carbonyl (C=O) groups is 2. The topological polar surface area (TPSA) is 108 Å². The maximum Gasteiger partial charge on any atom is 0.337 e. The fraction of sp³-hybridized carbons (Fsp3) is 0.545. The second kappa shape index (κ2) is 9.60. The Hall–Kier alpha value is -2.43. The molecule has 1 saturated heterocycles. The van der Waals surface area contributed by atoms with Gasteiger partial charge in [0.1, 0.15) is 0 Å². The van der Waals surface area contributed by atoms with E-state index in [1.807, 2.05) is 37.8 Å². The summed E-state index contributed by atoms with van der Waals surface area (Å²) in [6.45, 7) is 11.3. The van der Waals surface area contributed by atoms with Crippen LogP contribution in [0.25, 0.3) is 0 Å². The molecule has 0 aliphatic carbocycles. The second-order valence-corrected chi connectivity index (χ2v) is 10.2. The minimum Gasteiger partial charge on any atom is -0.463 e. The van der Waals surface area contributed by atoms with E-state index in [1.165, 1.54) is 4.31 Å². The van der Waals surface area contributed by atoms with Gasteiger partial charge in [-0.2, -0.15) is 4.31 Å². The minimum atomic E-state index is -3.60. The number of benzene rings is 1. The number of amides is 2. The van der Waals surface area contributed by atoms with Gasteiger partial charge in [0.2, 0.25) is 10.0 Å². The Labute approximate surface area is 189 Å². The van der Waals surface area contributed by atoms with Gasteiger partial charge in [0.15, 0.2) is 0 Å². The van der Waals surface area contributed by atoms with Crippen LogP contribution in [0.3, 0.4) is 0 Å². The zero-order valence-corrected chi connectivity index (χ0v) is 20.1. The Morgan fingerprint density at radius 2 is 1.72 bits per heavy atom. The van der Waals surface area contributed by atoms with E-state index in [4.69, 9.17) is 4.74 Å². The van der Waals surface area contributed by atoms with Crippen LogP contribution in [-0.4, -0.2) is 75.0 Å². The first-order valence-electron chi connectivity index (χ1n) is 10.8. The average molecular weight is 465 g/mol. The molecule has 2 amide bonds. The summed E-state index contributed by atoms with van der Waals surface area (Å²) in [6, 6.07) is 2.94. The molecule has 0 bridgehead atoms. The molecule has 2 aliphatic heterocycles. The van der Waals surface area contributed by atoms with Crippen molar-refractivity contribution in [2.45, 2.75) is 45.6 Å². The van der Waals surface area contributed by atoms with E-state index in [9.17, 15) is 18.0 Å². The quantitative estimate of drug-likeness (QED) is 0.617. The highest BCUT2D eigenvalue weighted by atomic mass is 32.2. The van der Waals surface area contributed by atoms with Gasteiger partial charge in [-0.15, -0.1) is 0 Å². The van der Waals surface area contributed by atoms with Crippen molar-refractivity contribution in [1.82, 2.24) is 19.8 Å². The predicted octanol–water partition coefficient (Wildman–Crippen LogP) is 1.44. The summed E-state index contributed by atoms with van der Waals surface area (Å²) in [5, 5.41) is 5.41. The molecule has 0 aromatic heterocycles. The summed E-state index contributed by atoms with van der Waals surface area (Å²) in [5.74, 6) is -0.464. The third-order valence-electron chi connectivity index (χ3n) is 5.78. The lowest BCUT2D eigenvalue weighted by atomic mass is 10.0. The largest absolute Gasteiger partial charge is 0.463 e. The molecule has 10 heteroatoms. The SMILES string of the molecule is CCOC(=O)C1=C(CN2CCN(S(=O)(=O)c3c(C)cc(C)cc3C)CC2)NC(=O)N[C@H]1C. The van der Waals surface area contributed by atoms with Crippen LogP contribution in [0.2, 0.25) is 0 Å².